The van der Waals surface area contributed by atoms with Crippen LogP contribution in [0.4, 0.5) is 0 Å². The molecule has 0 fully saturated rings. The number of phosphoric acid groups is 1. The first-order chi connectivity index (χ1) is 7.78. The molecule has 0 bridgehead atoms. The summed E-state index contributed by atoms with van der Waals surface area (Å²) in [6.45, 7) is 5.78. The highest BCUT2D eigenvalue weighted by Crippen LogP contribution is 2.47. The zero-order chi connectivity index (χ0) is 13.1. The molecule has 1 rings (SSSR count). The van der Waals surface area contributed by atoms with Crippen LogP contribution in [0.1, 0.15) is 40.0 Å². The van der Waals surface area contributed by atoms with Crippen LogP contribution >= 0.6 is 7.82 Å². The smallest absolute Gasteiger partial charge is 0.303 e. The predicted molar refractivity (Wildman–Crippen MR) is 67.4 cm³/mol. The number of hydrogen-bond acceptors (Lipinski definition) is 2. The summed E-state index contributed by atoms with van der Waals surface area (Å²) in [5.41, 5.74) is 0.266. The Bertz CT molecular complexity index is 369. The molecule has 0 radical (unpaired) electrons. The van der Waals surface area contributed by atoms with Gasteiger partial charge in [-0.25, -0.2) is 4.57 Å². The first-order valence-corrected chi connectivity index (χ1v) is 7.46. The molecule has 5 heteroatoms. The Hall–Kier alpha value is -0.410. The van der Waals surface area contributed by atoms with Gasteiger partial charge < -0.3 is 9.79 Å². The molecule has 0 aliphatic heterocycles. The molecular formula is C12H21O4P. The van der Waals surface area contributed by atoms with Crippen LogP contribution in [0.5, 0.6) is 0 Å². The molecule has 0 saturated carbocycles. The average Bonchev–Trinajstić information content (AvgIpc) is 2.18. The minimum absolute atomic E-state index is 0.0216. The zero-order valence-corrected chi connectivity index (χ0v) is 11.5. The first-order valence-electron chi connectivity index (χ1n) is 5.93. The minimum Gasteiger partial charge on any atom is -0.303 e. The van der Waals surface area contributed by atoms with E-state index in [4.69, 9.17) is 14.3 Å². The van der Waals surface area contributed by atoms with E-state index in [9.17, 15) is 4.57 Å². The van der Waals surface area contributed by atoms with E-state index in [2.05, 4.69) is 6.92 Å². The molecule has 0 amide bonds. The third-order valence-electron chi connectivity index (χ3n) is 3.29. The molecule has 0 aromatic carbocycles. The zero-order valence-electron chi connectivity index (χ0n) is 10.6. The molecule has 0 aromatic rings. The van der Waals surface area contributed by atoms with E-state index in [1.54, 1.807) is 13.0 Å². The lowest BCUT2D eigenvalue weighted by atomic mass is 9.79. The lowest BCUT2D eigenvalue weighted by Crippen LogP contribution is -2.35. The third kappa shape index (κ3) is 4.07. The number of rotatable bonds is 5. The second-order valence-corrected chi connectivity index (χ2v) is 5.86. The largest absolute Gasteiger partial charge is 0.470 e. The predicted octanol–water partition coefficient (Wildman–Crippen LogP) is 3.18. The SMILES string of the molecule is CCCCC1=CC=CC(C)(OP(=O)(O)O)C1C. The molecule has 98 valence electrons. The lowest BCUT2D eigenvalue weighted by molar-refractivity contribution is 0.0547. The second kappa shape index (κ2) is 5.49. The average molecular weight is 260 g/mol. The molecule has 2 N–H and O–H groups in total. The standard InChI is InChI=1S/C12H21O4P/c1-4-5-7-11-8-6-9-12(3,10(11)2)16-17(13,14)15/h6,8-10H,4-5,7H2,1-3H3,(H2,13,14,15). The van der Waals surface area contributed by atoms with Crippen molar-refractivity contribution < 1.29 is 18.9 Å². The van der Waals surface area contributed by atoms with E-state index in [-0.39, 0.29) is 5.92 Å². The summed E-state index contributed by atoms with van der Waals surface area (Å²) in [7, 11) is -4.47. The molecule has 0 heterocycles. The van der Waals surface area contributed by atoms with Gasteiger partial charge in [0.1, 0.15) is 5.60 Å². The fraction of sp³-hybridized carbons (Fsp3) is 0.667. The van der Waals surface area contributed by atoms with Crippen LogP contribution in [0.15, 0.2) is 23.8 Å². The van der Waals surface area contributed by atoms with Gasteiger partial charge in [0, 0.05) is 5.92 Å². The van der Waals surface area contributed by atoms with Crippen LogP contribution in [0, 0.1) is 5.92 Å². The lowest BCUT2D eigenvalue weighted by Gasteiger charge is -2.36. The van der Waals surface area contributed by atoms with Crippen LogP contribution < -0.4 is 0 Å². The van der Waals surface area contributed by atoms with Gasteiger partial charge in [-0.05, 0) is 19.8 Å². The monoisotopic (exact) mass is 260 g/mol. The summed E-state index contributed by atoms with van der Waals surface area (Å²) >= 11 is 0. The van der Waals surface area contributed by atoms with Gasteiger partial charge in [0.15, 0.2) is 0 Å². The Kier molecular flexibility index (Phi) is 4.73. The maximum Gasteiger partial charge on any atom is 0.470 e. The Morgan fingerprint density at radius 2 is 2.18 bits per heavy atom. The maximum atomic E-state index is 11.0. The van der Waals surface area contributed by atoms with Crippen molar-refractivity contribution in [2.24, 2.45) is 5.92 Å². The molecule has 1 aliphatic rings. The summed E-state index contributed by atoms with van der Waals surface area (Å²) in [5.74, 6) is -0.0216. The van der Waals surface area contributed by atoms with E-state index in [0.29, 0.717) is 0 Å². The molecule has 1 aliphatic carbocycles. The van der Waals surface area contributed by atoms with Gasteiger partial charge in [0.2, 0.25) is 0 Å². The van der Waals surface area contributed by atoms with Crippen LogP contribution in [0.3, 0.4) is 0 Å². The van der Waals surface area contributed by atoms with Gasteiger partial charge in [-0.1, -0.05) is 44.1 Å². The fourth-order valence-corrected chi connectivity index (χ4v) is 2.80. The Balaban J connectivity index is 2.81. The molecule has 4 nitrogen and oxygen atoms in total. The molecule has 0 spiro atoms. The minimum atomic E-state index is -4.47. The number of phosphoric ester groups is 1. The van der Waals surface area contributed by atoms with Gasteiger partial charge in [-0.3, -0.25) is 4.52 Å². The molecule has 2 unspecified atom stereocenters. The summed E-state index contributed by atoms with van der Waals surface area (Å²) in [6, 6.07) is 0. The van der Waals surface area contributed by atoms with E-state index >= 15 is 0 Å². The van der Waals surface area contributed by atoms with Gasteiger partial charge in [0.25, 0.3) is 0 Å². The summed E-state index contributed by atoms with van der Waals surface area (Å²) < 4.78 is 15.9. The summed E-state index contributed by atoms with van der Waals surface area (Å²) in [6.07, 6.45) is 8.68. The van der Waals surface area contributed by atoms with Gasteiger partial charge in [-0.15, -0.1) is 0 Å². The van der Waals surface area contributed by atoms with Crippen LogP contribution in [0.2, 0.25) is 0 Å². The quantitative estimate of drug-likeness (QED) is 0.745. The van der Waals surface area contributed by atoms with E-state index in [0.717, 1.165) is 19.3 Å². The van der Waals surface area contributed by atoms with Gasteiger partial charge in [0.05, 0.1) is 0 Å². The highest BCUT2D eigenvalue weighted by atomic mass is 31.2. The Labute approximate surface area is 103 Å². The number of unbranched alkanes of at least 4 members (excludes halogenated alkanes) is 1. The van der Waals surface area contributed by atoms with Crippen molar-refractivity contribution in [1.29, 1.82) is 0 Å². The molecule has 17 heavy (non-hydrogen) atoms. The Morgan fingerprint density at radius 3 is 2.71 bits per heavy atom. The highest BCUT2D eigenvalue weighted by Gasteiger charge is 2.38. The molecule has 0 saturated heterocycles. The van der Waals surface area contributed by atoms with E-state index in [1.165, 1.54) is 5.57 Å². The van der Waals surface area contributed by atoms with Crippen LogP contribution in [-0.2, 0) is 9.09 Å². The van der Waals surface area contributed by atoms with Crippen molar-refractivity contribution in [2.45, 2.75) is 45.6 Å². The molecule has 2 atom stereocenters. The normalized spacial score (nSPS) is 29.2. The molecular weight excluding hydrogens is 239 g/mol. The van der Waals surface area contributed by atoms with Crippen molar-refractivity contribution >= 4 is 7.82 Å². The highest BCUT2D eigenvalue weighted by molar-refractivity contribution is 7.46. The van der Waals surface area contributed by atoms with E-state index < -0.39 is 13.4 Å². The van der Waals surface area contributed by atoms with Crippen molar-refractivity contribution in [3.63, 3.8) is 0 Å². The van der Waals surface area contributed by atoms with Crippen molar-refractivity contribution in [3.05, 3.63) is 23.8 Å². The van der Waals surface area contributed by atoms with E-state index in [1.807, 2.05) is 19.1 Å². The third-order valence-corrected chi connectivity index (χ3v) is 3.92. The second-order valence-electron chi connectivity index (χ2n) is 4.69. The van der Waals surface area contributed by atoms with Crippen molar-refractivity contribution in [1.82, 2.24) is 0 Å². The summed E-state index contributed by atoms with van der Waals surface area (Å²) in [5, 5.41) is 0. The number of allylic oxidation sites excluding steroid dienone is 2. The molecule has 0 aromatic heterocycles. The Morgan fingerprint density at radius 1 is 1.53 bits per heavy atom. The first kappa shape index (κ1) is 14.7. The maximum absolute atomic E-state index is 11.0. The van der Waals surface area contributed by atoms with Crippen LogP contribution in [-0.4, -0.2) is 15.4 Å². The van der Waals surface area contributed by atoms with Crippen LogP contribution in [0.25, 0.3) is 0 Å². The number of hydrogen-bond donors (Lipinski definition) is 2. The van der Waals surface area contributed by atoms with Gasteiger partial charge >= 0.3 is 7.82 Å². The van der Waals surface area contributed by atoms with Crippen molar-refractivity contribution in [3.8, 4) is 0 Å². The summed E-state index contributed by atoms with van der Waals surface area (Å²) in [4.78, 5) is 17.9. The van der Waals surface area contributed by atoms with Crippen molar-refractivity contribution in [2.75, 3.05) is 0 Å². The fourth-order valence-electron chi connectivity index (χ4n) is 2.07. The topological polar surface area (TPSA) is 66.8 Å². The van der Waals surface area contributed by atoms with Gasteiger partial charge in [-0.2, -0.15) is 0 Å².